The zero-order valence-electron chi connectivity index (χ0n) is 7.40. The Morgan fingerprint density at radius 1 is 1.54 bits per heavy atom. The van der Waals surface area contributed by atoms with Crippen LogP contribution < -0.4 is 61.2 Å². The maximum absolute atomic E-state index is 10.3. The first-order valence-corrected chi connectivity index (χ1v) is 3.23. The van der Waals surface area contributed by atoms with Gasteiger partial charge in [0.05, 0.1) is 13.1 Å². The molecule has 0 atom stereocenters. The van der Waals surface area contributed by atoms with E-state index < -0.39 is 5.97 Å². The summed E-state index contributed by atoms with van der Waals surface area (Å²) in [5, 5.41) is 19.4. The molecule has 13 heavy (non-hydrogen) atoms. The van der Waals surface area contributed by atoms with E-state index in [1.54, 1.807) is 0 Å². The predicted octanol–water partition coefficient (Wildman–Crippen LogP) is -3.23. The van der Waals surface area contributed by atoms with Crippen molar-refractivity contribution in [3.63, 3.8) is 0 Å². The van der Waals surface area contributed by atoms with Crippen LogP contribution in [-0.2, 0) is 0 Å². The number of ether oxygens (including phenoxy) is 1. The molecule has 0 unspecified atom stereocenters. The Morgan fingerprint density at radius 2 is 2.15 bits per heavy atom. The summed E-state index contributed by atoms with van der Waals surface area (Å²) in [5.74, 6) is -1.27. The fourth-order valence-corrected chi connectivity index (χ4v) is 0.805. The van der Waals surface area contributed by atoms with Gasteiger partial charge in [-0.25, -0.2) is 0 Å². The minimum atomic E-state index is -1.30. The van der Waals surface area contributed by atoms with Gasteiger partial charge in [-0.2, -0.15) is 0 Å². The summed E-state index contributed by atoms with van der Waals surface area (Å²) in [4.78, 5) is 10.3. The first-order chi connectivity index (χ1) is 5.65. The number of phenols is 1. The molecule has 0 aromatic heterocycles. The van der Waals surface area contributed by atoms with E-state index in [0.717, 1.165) is 0 Å². The van der Waals surface area contributed by atoms with Crippen LogP contribution in [0.4, 0.5) is 0 Å². The number of methoxy groups -OCH3 is 1. The number of phenolic OH excluding ortho intramolecular Hbond substituents is 1. The molecule has 64 valence electrons. The fraction of sp³-hybridized carbons (Fsp3) is 0.125. The molecule has 4 nitrogen and oxygen atoms in total. The van der Waals surface area contributed by atoms with Gasteiger partial charge in [0.2, 0.25) is 0 Å². The molecule has 1 rings (SSSR count). The smallest absolute Gasteiger partial charge is 0.545 e. The van der Waals surface area contributed by atoms with Gasteiger partial charge in [0, 0.05) is 5.56 Å². The molecule has 0 aliphatic rings. The van der Waals surface area contributed by atoms with E-state index in [9.17, 15) is 9.90 Å². The van der Waals surface area contributed by atoms with Crippen molar-refractivity contribution in [2.45, 2.75) is 0 Å². The van der Waals surface area contributed by atoms with E-state index in [1.165, 1.54) is 25.3 Å². The first kappa shape index (κ1) is 12.9. The molecule has 1 aromatic rings. The average molecular weight is 206 g/mol. The van der Waals surface area contributed by atoms with Gasteiger partial charge in [0.25, 0.3) is 0 Å². The molecule has 0 fully saturated rings. The summed E-state index contributed by atoms with van der Waals surface area (Å²) in [7, 11) is 1.34. The van der Waals surface area contributed by atoms with E-state index in [-0.39, 0.29) is 68.4 Å². The maximum atomic E-state index is 10.3. The number of carboxylic acids is 1. The number of carboxylic acid groups (broad SMARTS) is 1. The van der Waals surface area contributed by atoms with E-state index in [1.807, 2.05) is 0 Å². The molecule has 0 aliphatic carbocycles. The SMILES string of the molecule is COc1cc(C(=O)[O-])ccc1O.[K+]. The number of carbonyl (C=O) groups is 1. The maximum Gasteiger partial charge on any atom is 1.00 e. The van der Waals surface area contributed by atoms with Gasteiger partial charge in [-0.3, -0.25) is 0 Å². The molecule has 0 bridgehead atoms. The van der Waals surface area contributed by atoms with Crippen molar-refractivity contribution >= 4 is 5.97 Å². The van der Waals surface area contributed by atoms with Crippen molar-refractivity contribution in [3.8, 4) is 11.5 Å². The third-order valence-corrected chi connectivity index (χ3v) is 1.42. The Hall–Kier alpha value is -0.0736. The van der Waals surface area contributed by atoms with Crippen LogP contribution in [0.15, 0.2) is 18.2 Å². The molecule has 0 aliphatic heterocycles. The van der Waals surface area contributed by atoms with Gasteiger partial charge in [-0.05, 0) is 18.2 Å². The van der Waals surface area contributed by atoms with E-state index in [2.05, 4.69) is 0 Å². The molecule has 0 amide bonds. The van der Waals surface area contributed by atoms with Crippen LogP contribution in [0.5, 0.6) is 11.5 Å². The second-order valence-corrected chi connectivity index (χ2v) is 2.17. The first-order valence-electron chi connectivity index (χ1n) is 3.23. The van der Waals surface area contributed by atoms with Crippen LogP contribution in [0, 0.1) is 0 Å². The number of aromatic carboxylic acids is 1. The van der Waals surface area contributed by atoms with Crippen molar-refractivity contribution in [1.29, 1.82) is 0 Å². The summed E-state index contributed by atoms with van der Waals surface area (Å²) >= 11 is 0. The van der Waals surface area contributed by atoms with Gasteiger partial charge in [0.1, 0.15) is 0 Å². The van der Waals surface area contributed by atoms with Gasteiger partial charge >= 0.3 is 51.4 Å². The second-order valence-electron chi connectivity index (χ2n) is 2.17. The van der Waals surface area contributed by atoms with Crippen molar-refractivity contribution in [2.24, 2.45) is 0 Å². The Bertz CT molecular complexity index is 311. The van der Waals surface area contributed by atoms with Crippen LogP contribution in [0.1, 0.15) is 10.4 Å². The summed E-state index contributed by atoms with van der Waals surface area (Å²) in [6.45, 7) is 0. The topological polar surface area (TPSA) is 69.6 Å². The third kappa shape index (κ3) is 3.28. The van der Waals surface area contributed by atoms with E-state index in [0.29, 0.717) is 0 Å². The molecule has 5 heteroatoms. The summed E-state index contributed by atoms with van der Waals surface area (Å²) in [6.07, 6.45) is 0. The van der Waals surface area contributed by atoms with Gasteiger partial charge < -0.3 is 19.7 Å². The fourth-order valence-electron chi connectivity index (χ4n) is 0.805. The minimum Gasteiger partial charge on any atom is -0.545 e. The zero-order valence-corrected chi connectivity index (χ0v) is 10.5. The van der Waals surface area contributed by atoms with Crippen molar-refractivity contribution in [1.82, 2.24) is 0 Å². The van der Waals surface area contributed by atoms with Crippen LogP contribution >= 0.6 is 0 Å². The van der Waals surface area contributed by atoms with E-state index >= 15 is 0 Å². The Balaban J connectivity index is 0.00000144. The number of hydrogen-bond donors (Lipinski definition) is 1. The average Bonchev–Trinajstić information content (AvgIpc) is 2.05. The molecule has 0 spiro atoms. The molecule has 1 N–H and O–H groups in total. The minimum absolute atomic E-state index is 0. The van der Waals surface area contributed by atoms with Crippen molar-refractivity contribution in [2.75, 3.05) is 7.11 Å². The summed E-state index contributed by atoms with van der Waals surface area (Å²) in [5.41, 5.74) is -0.0235. The van der Waals surface area contributed by atoms with Crippen molar-refractivity contribution < 1.29 is 71.1 Å². The molecule has 0 saturated carbocycles. The van der Waals surface area contributed by atoms with Crippen LogP contribution in [-0.4, -0.2) is 18.2 Å². The quantitative estimate of drug-likeness (QED) is 0.517. The monoisotopic (exact) mass is 206 g/mol. The number of aromatic hydroxyl groups is 1. The Morgan fingerprint density at radius 3 is 2.62 bits per heavy atom. The Labute approximate surface area is 118 Å². The number of benzene rings is 1. The zero-order chi connectivity index (χ0) is 9.14. The third-order valence-electron chi connectivity index (χ3n) is 1.42. The summed E-state index contributed by atoms with van der Waals surface area (Å²) in [6, 6.07) is 3.68. The molecule has 0 heterocycles. The number of rotatable bonds is 2. The van der Waals surface area contributed by atoms with Gasteiger partial charge in [0.15, 0.2) is 11.5 Å². The van der Waals surface area contributed by atoms with Crippen LogP contribution in [0.25, 0.3) is 0 Å². The number of hydrogen-bond acceptors (Lipinski definition) is 4. The number of carbonyl (C=O) groups excluding carboxylic acids is 1. The molecular formula is C8H7KO4. The largest absolute Gasteiger partial charge is 1.00 e. The molecule has 0 radical (unpaired) electrons. The standard InChI is InChI=1S/C8H8O4.K/c1-12-7-4-5(8(10)11)2-3-6(7)9;/h2-4,9H,1H3,(H,10,11);/q;+1/p-1. The van der Waals surface area contributed by atoms with Gasteiger partial charge in [-0.1, -0.05) is 0 Å². The Kier molecular flexibility index (Phi) is 5.58. The van der Waals surface area contributed by atoms with Gasteiger partial charge in [-0.15, -0.1) is 0 Å². The normalized spacial score (nSPS) is 8.69. The predicted molar refractivity (Wildman–Crippen MR) is 39.0 cm³/mol. The molecule has 0 saturated heterocycles. The van der Waals surface area contributed by atoms with Crippen LogP contribution in [0.3, 0.4) is 0 Å². The molecular weight excluding hydrogens is 199 g/mol. The van der Waals surface area contributed by atoms with Crippen molar-refractivity contribution in [3.05, 3.63) is 23.8 Å². The van der Waals surface area contributed by atoms with Crippen LogP contribution in [0.2, 0.25) is 0 Å². The van der Waals surface area contributed by atoms with E-state index in [4.69, 9.17) is 9.84 Å². The summed E-state index contributed by atoms with van der Waals surface area (Å²) < 4.78 is 4.69. The molecule has 1 aromatic carbocycles. The second kappa shape index (κ2) is 5.61.